The number of nitrogens with one attached hydrogen (secondary N) is 2. The van der Waals surface area contributed by atoms with Crippen LogP contribution in [0, 0.1) is 17.5 Å². The summed E-state index contributed by atoms with van der Waals surface area (Å²) in [5.41, 5.74) is -0.610. The van der Waals surface area contributed by atoms with Gasteiger partial charge in [-0.2, -0.15) is 4.72 Å². The summed E-state index contributed by atoms with van der Waals surface area (Å²) in [5, 5.41) is 2.32. The molecule has 0 aliphatic heterocycles. The monoisotopic (exact) mass is 392 g/mol. The van der Waals surface area contributed by atoms with Crippen molar-refractivity contribution in [2.75, 3.05) is 5.32 Å². The molecule has 0 spiro atoms. The highest BCUT2D eigenvalue weighted by Gasteiger charge is 2.23. The largest absolute Gasteiger partial charge is 0.322 e. The summed E-state index contributed by atoms with van der Waals surface area (Å²) >= 11 is 5.67. The van der Waals surface area contributed by atoms with Crippen molar-refractivity contribution in [1.82, 2.24) is 4.72 Å². The molecule has 1 atom stereocenters. The number of carbonyl (C=O) groups is 1. The third kappa shape index (κ3) is 4.50. The van der Waals surface area contributed by atoms with Gasteiger partial charge < -0.3 is 5.32 Å². The van der Waals surface area contributed by atoms with Crippen LogP contribution in [-0.2, 0) is 14.8 Å². The third-order valence-electron chi connectivity index (χ3n) is 3.14. The Morgan fingerprint density at radius 2 is 1.64 bits per heavy atom. The number of rotatable bonds is 5. The van der Waals surface area contributed by atoms with Crippen molar-refractivity contribution >= 4 is 33.2 Å². The van der Waals surface area contributed by atoms with Gasteiger partial charge in [-0.05, 0) is 43.3 Å². The van der Waals surface area contributed by atoms with Gasteiger partial charge >= 0.3 is 0 Å². The molecule has 0 fully saturated rings. The number of amides is 1. The average Bonchev–Trinajstić information content (AvgIpc) is 2.55. The molecule has 2 rings (SSSR count). The fourth-order valence-electron chi connectivity index (χ4n) is 1.83. The second-order valence-corrected chi connectivity index (χ2v) is 7.16. The second kappa shape index (κ2) is 7.42. The molecule has 1 unspecified atom stereocenters. The highest BCUT2D eigenvalue weighted by Crippen LogP contribution is 2.20. The Balaban J connectivity index is 2.12. The van der Waals surface area contributed by atoms with E-state index in [4.69, 9.17) is 11.6 Å². The number of hydrogen-bond donors (Lipinski definition) is 2. The van der Waals surface area contributed by atoms with Crippen molar-refractivity contribution in [1.29, 1.82) is 0 Å². The van der Waals surface area contributed by atoms with Crippen molar-refractivity contribution in [2.45, 2.75) is 17.9 Å². The van der Waals surface area contributed by atoms with E-state index < -0.39 is 45.1 Å². The van der Waals surface area contributed by atoms with E-state index in [1.807, 2.05) is 5.32 Å². The minimum Gasteiger partial charge on any atom is -0.322 e. The molecule has 10 heteroatoms. The Bertz CT molecular complexity index is 905. The van der Waals surface area contributed by atoms with E-state index >= 15 is 0 Å². The molecule has 0 saturated carbocycles. The van der Waals surface area contributed by atoms with Crippen molar-refractivity contribution in [3.63, 3.8) is 0 Å². The van der Waals surface area contributed by atoms with Crippen LogP contribution in [0.3, 0.4) is 0 Å². The first-order valence-corrected chi connectivity index (χ1v) is 8.70. The predicted molar refractivity (Wildman–Crippen MR) is 86.2 cm³/mol. The molecule has 2 aromatic carbocycles. The van der Waals surface area contributed by atoms with Gasteiger partial charge in [0.1, 0.15) is 0 Å². The number of halogens is 4. The maximum Gasteiger partial charge on any atom is 0.242 e. The summed E-state index contributed by atoms with van der Waals surface area (Å²) in [6.07, 6.45) is 0. The van der Waals surface area contributed by atoms with Crippen molar-refractivity contribution < 1.29 is 26.4 Å². The molecule has 25 heavy (non-hydrogen) atoms. The highest BCUT2D eigenvalue weighted by molar-refractivity contribution is 7.89. The molecule has 1 amide bonds. The molecule has 0 bridgehead atoms. The van der Waals surface area contributed by atoms with Crippen LogP contribution in [0.4, 0.5) is 18.9 Å². The van der Waals surface area contributed by atoms with E-state index in [0.717, 1.165) is 6.07 Å². The summed E-state index contributed by atoms with van der Waals surface area (Å²) in [6.45, 7) is 1.21. The second-order valence-electron chi connectivity index (χ2n) is 5.01. The van der Waals surface area contributed by atoms with E-state index in [-0.39, 0.29) is 4.90 Å². The average molecular weight is 393 g/mol. The zero-order valence-electron chi connectivity index (χ0n) is 12.7. The predicted octanol–water partition coefficient (Wildman–Crippen LogP) is 3.06. The Labute approximate surface area is 146 Å². The zero-order chi connectivity index (χ0) is 18.8. The Hall–Kier alpha value is -2.10. The van der Waals surface area contributed by atoms with Gasteiger partial charge in [0.05, 0.1) is 16.6 Å². The SMILES string of the molecule is CC(NS(=O)(=O)c1ccc(Cl)cc1)C(=O)Nc1ccc(F)c(F)c1F. The van der Waals surface area contributed by atoms with Gasteiger partial charge in [0.15, 0.2) is 17.5 Å². The van der Waals surface area contributed by atoms with Gasteiger partial charge in [-0.15, -0.1) is 0 Å². The van der Waals surface area contributed by atoms with Crippen LogP contribution in [0.2, 0.25) is 5.02 Å². The topological polar surface area (TPSA) is 75.3 Å². The minimum atomic E-state index is -4.04. The molecule has 5 nitrogen and oxygen atoms in total. The number of benzene rings is 2. The lowest BCUT2D eigenvalue weighted by atomic mass is 10.2. The molecular formula is C15H12ClF3N2O3S. The summed E-state index contributed by atoms with van der Waals surface area (Å²) < 4.78 is 66.0. The lowest BCUT2D eigenvalue weighted by molar-refractivity contribution is -0.117. The molecule has 0 saturated heterocycles. The van der Waals surface area contributed by atoms with Gasteiger partial charge in [0.25, 0.3) is 0 Å². The Morgan fingerprint density at radius 1 is 1.04 bits per heavy atom. The molecule has 0 aromatic heterocycles. The summed E-state index contributed by atoms with van der Waals surface area (Å²) in [4.78, 5) is 11.9. The maximum absolute atomic E-state index is 13.5. The zero-order valence-corrected chi connectivity index (χ0v) is 14.3. The van der Waals surface area contributed by atoms with Gasteiger partial charge in [0.2, 0.25) is 15.9 Å². The minimum absolute atomic E-state index is 0.129. The molecular weight excluding hydrogens is 381 g/mol. The van der Waals surface area contributed by atoms with Gasteiger partial charge in [0, 0.05) is 5.02 Å². The fourth-order valence-corrected chi connectivity index (χ4v) is 3.16. The number of hydrogen-bond acceptors (Lipinski definition) is 3. The Morgan fingerprint density at radius 3 is 2.24 bits per heavy atom. The first kappa shape index (κ1) is 19.2. The summed E-state index contributed by atoms with van der Waals surface area (Å²) in [6, 6.07) is 5.35. The number of carbonyl (C=O) groups excluding carboxylic acids is 1. The van der Waals surface area contributed by atoms with Crippen LogP contribution in [-0.4, -0.2) is 20.4 Å². The quantitative estimate of drug-likeness (QED) is 0.768. The molecule has 2 N–H and O–H groups in total. The normalized spacial score (nSPS) is 12.7. The van der Waals surface area contributed by atoms with Crippen LogP contribution in [0.25, 0.3) is 0 Å². The van der Waals surface area contributed by atoms with Crippen molar-refractivity contribution in [3.8, 4) is 0 Å². The maximum atomic E-state index is 13.5. The lowest BCUT2D eigenvalue weighted by Gasteiger charge is -2.15. The van der Waals surface area contributed by atoms with Gasteiger partial charge in [-0.1, -0.05) is 11.6 Å². The highest BCUT2D eigenvalue weighted by atomic mass is 35.5. The molecule has 134 valence electrons. The Kier molecular flexibility index (Phi) is 5.71. The van der Waals surface area contributed by atoms with Crippen LogP contribution in [0.15, 0.2) is 41.3 Å². The van der Waals surface area contributed by atoms with Gasteiger partial charge in [-0.3, -0.25) is 4.79 Å². The van der Waals surface area contributed by atoms with Crippen LogP contribution < -0.4 is 10.0 Å². The lowest BCUT2D eigenvalue weighted by Crippen LogP contribution is -2.41. The smallest absolute Gasteiger partial charge is 0.242 e. The number of sulfonamides is 1. The van der Waals surface area contributed by atoms with E-state index in [2.05, 4.69) is 4.72 Å². The van der Waals surface area contributed by atoms with Crippen LogP contribution in [0.1, 0.15) is 6.92 Å². The molecule has 2 aromatic rings. The van der Waals surface area contributed by atoms with Crippen LogP contribution in [0.5, 0.6) is 0 Å². The number of anilines is 1. The van der Waals surface area contributed by atoms with E-state index in [0.29, 0.717) is 11.1 Å². The first-order chi connectivity index (χ1) is 11.6. The van der Waals surface area contributed by atoms with E-state index in [1.165, 1.54) is 31.2 Å². The standard InChI is InChI=1S/C15H12ClF3N2O3S/c1-8(21-25(23,24)10-4-2-9(16)3-5-10)15(22)20-12-7-6-11(17)13(18)14(12)19/h2-8,21H,1H3,(H,20,22). The van der Waals surface area contributed by atoms with E-state index in [9.17, 15) is 26.4 Å². The van der Waals surface area contributed by atoms with Gasteiger partial charge in [-0.25, -0.2) is 21.6 Å². The molecule has 0 aliphatic rings. The van der Waals surface area contributed by atoms with Crippen LogP contribution >= 0.6 is 11.6 Å². The third-order valence-corrected chi connectivity index (χ3v) is 4.95. The van der Waals surface area contributed by atoms with Crippen molar-refractivity contribution in [3.05, 3.63) is 58.9 Å². The van der Waals surface area contributed by atoms with E-state index in [1.54, 1.807) is 0 Å². The fraction of sp³-hybridized carbons (Fsp3) is 0.133. The summed E-state index contributed by atoms with van der Waals surface area (Å²) in [7, 11) is -4.04. The molecule has 0 heterocycles. The molecule has 0 aliphatic carbocycles. The first-order valence-electron chi connectivity index (χ1n) is 6.84. The van der Waals surface area contributed by atoms with Crippen molar-refractivity contribution in [2.24, 2.45) is 0 Å². The molecule has 0 radical (unpaired) electrons. The summed E-state index contributed by atoms with van der Waals surface area (Å²) in [5.74, 6) is -5.69.